The van der Waals surface area contributed by atoms with Crippen molar-refractivity contribution >= 4 is 22.6 Å². The van der Waals surface area contributed by atoms with Crippen LogP contribution in [0.25, 0.3) is 0 Å². The van der Waals surface area contributed by atoms with Gasteiger partial charge < -0.3 is 5.11 Å². The van der Waals surface area contributed by atoms with Crippen LogP contribution in [0.15, 0.2) is 11.6 Å². The summed E-state index contributed by atoms with van der Waals surface area (Å²) in [5.41, 5.74) is 3.46. The van der Waals surface area contributed by atoms with Gasteiger partial charge in [-0.3, -0.25) is 0 Å². The topological polar surface area (TPSA) is 20.2 Å². The minimum absolute atomic E-state index is 0.0268. The Bertz CT molecular complexity index is 643. The van der Waals surface area contributed by atoms with Gasteiger partial charge in [-0.25, -0.2) is 0 Å². The van der Waals surface area contributed by atoms with Gasteiger partial charge in [-0.1, -0.05) is 96.6 Å². The highest BCUT2D eigenvalue weighted by molar-refractivity contribution is 14.1. The Hall–Kier alpha value is 0.430. The molecule has 9 atom stereocenters. The van der Waals surface area contributed by atoms with Gasteiger partial charge in [0.1, 0.15) is 0 Å². The number of allylic oxidation sites excluding steroid dienone is 2. The van der Waals surface area contributed by atoms with E-state index in [1.807, 2.05) is 47.1 Å². The summed E-state index contributed by atoms with van der Waals surface area (Å²) in [5.74, 6) is 4.22. The first-order valence-corrected chi connectivity index (χ1v) is 16.3. The summed E-state index contributed by atoms with van der Waals surface area (Å²) in [6.45, 7) is 19.8. The first-order chi connectivity index (χ1) is 15.8. The molecule has 1 nitrogen and oxygen atoms in total. The molecule has 2 heteroatoms. The van der Waals surface area contributed by atoms with E-state index in [0.29, 0.717) is 16.2 Å². The average molecular weight is 573 g/mol. The van der Waals surface area contributed by atoms with Gasteiger partial charge in [0.05, 0.1) is 6.10 Å². The smallest absolute Gasteiger partial charge is 0.0543 e. The second-order valence-electron chi connectivity index (χ2n) is 11.8. The molecule has 1 N–H and O–H groups in total. The highest BCUT2D eigenvalue weighted by atomic mass is 127. The Morgan fingerprint density at radius 1 is 0.939 bits per heavy atom. The normalized spacial score (nSPS) is 47.3. The number of aliphatic hydroxyl groups excluding tert-OH is 1. The number of hydrogen-bond donors (Lipinski definition) is 1. The maximum absolute atomic E-state index is 10.4. The van der Waals surface area contributed by atoms with Crippen molar-refractivity contribution in [3.05, 3.63) is 11.6 Å². The van der Waals surface area contributed by atoms with Crippen LogP contribution in [-0.4, -0.2) is 15.6 Å². The van der Waals surface area contributed by atoms with Gasteiger partial charge in [0.15, 0.2) is 0 Å². The van der Waals surface area contributed by atoms with Crippen molar-refractivity contribution in [1.29, 1.82) is 0 Å². The molecule has 0 aromatic heterocycles. The molecule has 4 saturated carbocycles. The summed E-state index contributed by atoms with van der Waals surface area (Å²) in [4.78, 5) is 0. The van der Waals surface area contributed by atoms with Crippen LogP contribution in [0, 0.1) is 45.8 Å². The zero-order valence-corrected chi connectivity index (χ0v) is 25.8. The SMILES string of the molecule is CC.CC.CC.CC1C2=CCC3C4(C)CCC(O)CC4CCC34CC(CI)CCC1(C)CC24. The summed E-state index contributed by atoms with van der Waals surface area (Å²) in [5, 5.41) is 10.4. The number of fused-ring (bicyclic) bond motifs is 3. The quantitative estimate of drug-likeness (QED) is 0.188. The molecule has 0 amide bonds. The highest BCUT2D eigenvalue weighted by Crippen LogP contribution is 2.72. The summed E-state index contributed by atoms with van der Waals surface area (Å²) in [6, 6.07) is 0. The molecular weight excluding hydrogens is 515 g/mol. The molecule has 4 fully saturated rings. The number of aliphatic hydroxyl groups is 1. The summed E-state index contributed by atoms with van der Waals surface area (Å²) in [7, 11) is 0. The van der Waals surface area contributed by atoms with Crippen molar-refractivity contribution in [2.24, 2.45) is 45.8 Å². The third-order valence-electron chi connectivity index (χ3n) is 10.9. The average Bonchev–Trinajstić information content (AvgIpc) is 3.12. The van der Waals surface area contributed by atoms with Gasteiger partial charge in [0.25, 0.3) is 0 Å². The van der Waals surface area contributed by atoms with E-state index >= 15 is 0 Å². The van der Waals surface area contributed by atoms with Crippen LogP contribution in [-0.2, 0) is 0 Å². The Morgan fingerprint density at radius 3 is 2.24 bits per heavy atom. The minimum atomic E-state index is -0.0268. The largest absolute Gasteiger partial charge is 0.393 e. The van der Waals surface area contributed by atoms with Crippen molar-refractivity contribution in [2.45, 2.75) is 133 Å². The van der Waals surface area contributed by atoms with Crippen LogP contribution in [0.4, 0.5) is 0 Å². The first kappa shape index (κ1) is 29.7. The lowest BCUT2D eigenvalue weighted by Gasteiger charge is -2.64. The fourth-order valence-corrected chi connectivity index (χ4v) is 9.83. The van der Waals surface area contributed by atoms with Crippen LogP contribution < -0.4 is 0 Å². The van der Waals surface area contributed by atoms with Crippen molar-refractivity contribution in [3.8, 4) is 0 Å². The minimum Gasteiger partial charge on any atom is -0.393 e. The number of hydrogen-bond acceptors (Lipinski definition) is 1. The number of halogens is 1. The summed E-state index contributed by atoms with van der Waals surface area (Å²) in [6.07, 6.45) is 16.1. The van der Waals surface area contributed by atoms with Crippen molar-refractivity contribution in [2.75, 3.05) is 4.43 Å². The lowest BCUT2D eigenvalue weighted by Crippen LogP contribution is -2.57. The van der Waals surface area contributed by atoms with E-state index in [0.717, 1.165) is 42.4 Å². The molecule has 0 aliphatic heterocycles. The first-order valence-electron chi connectivity index (χ1n) is 14.8. The van der Waals surface area contributed by atoms with Gasteiger partial charge in [-0.15, -0.1) is 0 Å². The van der Waals surface area contributed by atoms with Crippen LogP contribution in [0.5, 0.6) is 0 Å². The van der Waals surface area contributed by atoms with Crippen LogP contribution in [0.3, 0.4) is 0 Å². The molecule has 0 saturated heterocycles. The van der Waals surface area contributed by atoms with E-state index in [-0.39, 0.29) is 6.10 Å². The molecule has 5 rings (SSSR count). The van der Waals surface area contributed by atoms with Crippen molar-refractivity contribution in [1.82, 2.24) is 0 Å². The fraction of sp³-hybridized carbons (Fsp3) is 0.935. The number of rotatable bonds is 1. The van der Waals surface area contributed by atoms with E-state index in [4.69, 9.17) is 0 Å². The molecule has 0 aromatic rings. The fourth-order valence-electron chi connectivity index (χ4n) is 9.08. The van der Waals surface area contributed by atoms with Gasteiger partial charge >= 0.3 is 0 Å². The van der Waals surface area contributed by atoms with E-state index in [1.165, 1.54) is 55.8 Å². The Balaban J connectivity index is 0.000000597. The monoisotopic (exact) mass is 572 g/mol. The third kappa shape index (κ3) is 5.01. The zero-order valence-electron chi connectivity index (χ0n) is 23.6. The summed E-state index contributed by atoms with van der Waals surface area (Å²) >= 11 is 2.69. The zero-order chi connectivity index (χ0) is 25.0. The molecule has 33 heavy (non-hydrogen) atoms. The van der Waals surface area contributed by atoms with E-state index in [1.54, 1.807) is 0 Å². The van der Waals surface area contributed by atoms with E-state index in [2.05, 4.69) is 49.4 Å². The van der Waals surface area contributed by atoms with Crippen LogP contribution in [0.2, 0.25) is 0 Å². The molecule has 5 aliphatic carbocycles. The standard InChI is InChI=1S/C25H39IO.3C2H6/c1-16-20-4-5-22-24(3)10-8-19(27)12-18(24)7-11-25(22)13-17(15-26)6-9-23(16,2)14-21(20)25;3*1-2/h4,16-19,21-22,27H,5-15H2,1-3H3;3*1-2H3. The summed E-state index contributed by atoms with van der Waals surface area (Å²) < 4.78 is 1.35. The van der Waals surface area contributed by atoms with E-state index in [9.17, 15) is 5.11 Å². The Morgan fingerprint density at radius 2 is 1.61 bits per heavy atom. The van der Waals surface area contributed by atoms with Crippen molar-refractivity contribution in [3.63, 3.8) is 0 Å². The van der Waals surface area contributed by atoms with Gasteiger partial charge in [-0.05, 0) is 110 Å². The van der Waals surface area contributed by atoms with Crippen LogP contribution in [0.1, 0.15) is 127 Å². The molecule has 2 bridgehead atoms. The predicted molar refractivity (Wildman–Crippen MR) is 155 cm³/mol. The maximum atomic E-state index is 10.4. The molecule has 5 aliphatic rings. The Kier molecular flexibility index (Phi) is 10.9. The molecule has 194 valence electrons. The second-order valence-corrected chi connectivity index (χ2v) is 12.7. The van der Waals surface area contributed by atoms with Gasteiger partial charge in [0.2, 0.25) is 0 Å². The molecule has 1 spiro atoms. The third-order valence-corrected chi connectivity index (χ3v) is 12.1. The number of alkyl halides is 1. The maximum Gasteiger partial charge on any atom is 0.0543 e. The van der Waals surface area contributed by atoms with Crippen molar-refractivity contribution < 1.29 is 5.11 Å². The highest BCUT2D eigenvalue weighted by Gasteiger charge is 2.64. The Labute approximate surface area is 221 Å². The molecule has 0 aromatic carbocycles. The molecular formula is C31H57IO. The van der Waals surface area contributed by atoms with Crippen LogP contribution >= 0.6 is 22.6 Å². The predicted octanol–water partition coefficient (Wildman–Crippen LogP) is 9.86. The van der Waals surface area contributed by atoms with Gasteiger partial charge in [-0.2, -0.15) is 0 Å². The lowest BCUT2D eigenvalue weighted by molar-refractivity contribution is -0.141. The van der Waals surface area contributed by atoms with E-state index < -0.39 is 0 Å². The lowest BCUT2D eigenvalue weighted by atomic mass is 9.41. The van der Waals surface area contributed by atoms with Gasteiger partial charge in [0, 0.05) is 4.43 Å². The molecule has 0 heterocycles. The molecule has 0 radical (unpaired) electrons. The second kappa shape index (κ2) is 12.1. The molecule has 9 unspecified atom stereocenters.